The van der Waals surface area contributed by atoms with Crippen molar-refractivity contribution in [2.24, 2.45) is 0 Å². The lowest BCUT2D eigenvalue weighted by Crippen LogP contribution is -2.45. The molecule has 0 amide bonds. The first kappa shape index (κ1) is 20.6. The minimum Gasteiger partial charge on any atom is -0.368 e. The van der Waals surface area contributed by atoms with Crippen LogP contribution < -0.4 is 10.2 Å². The molecule has 0 unspecified atom stereocenters. The van der Waals surface area contributed by atoms with E-state index in [1.165, 1.54) is 37.8 Å². The molecule has 32 heavy (non-hydrogen) atoms. The van der Waals surface area contributed by atoms with Gasteiger partial charge in [0.2, 0.25) is 5.95 Å². The molecule has 2 fully saturated rings. The average molecular weight is 432 g/mol. The fourth-order valence-electron chi connectivity index (χ4n) is 4.79. The van der Waals surface area contributed by atoms with Gasteiger partial charge in [0.1, 0.15) is 0 Å². The van der Waals surface area contributed by atoms with Crippen LogP contribution in [0.15, 0.2) is 54.7 Å². The lowest BCUT2D eigenvalue weighted by atomic mass is 9.96. The zero-order valence-corrected chi connectivity index (χ0v) is 18.8. The zero-order valence-electron chi connectivity index (χ0n) is 18.8. The molecule has 1 aliphatic carbocycles. The highest BCUT2D eigenvalue weighted by atomic mass is 15.3. The Kier molecular flexibility index (Phi) is 5.82. The lowest BCUT2D eigenvalue weighted by Gasteiger charge is -2.37. The van der Waals surface area contributed by atoms with Crippen LogP contribution in [-0.4, -0.2) is 50.8 Å². The molecule has 7 nitrogen and oxygen atoms in total. The third kappa shape index (κ3) is 4.21. The number of benzene rings is 1. The van der Waals surface area contributed by atoms with E-state index >= 15 is 0 Å². The fourth-order valence-corrected chi connectivity index (χ4v) is 4.79. The molecule has 3 aromatic rings. The number of nitrogens with zero attached hydrogens (tertiary/aromatic N) is 6. The number of piperazine rings is 1. The van der Waals surface area contributed by atoms with Crippen molar-refractivity contribution in [3.63, 3.8) is 0 Å². The molecule has 168 valence electrons. The molecule has 7 heteroatoms. The smallest absolute Gasteiger partial charge is 0.229 e. The Hall–Kier alpha value is -3.31. The molecule has 1 aromatic carbocycles. The first-order valence-corrected chi connectivity index (χ1v) is 11.6. The fraction of sp³-hybridized carbons (Fsp3) is 0.440. The number of anilines is 3. The molecule has 1 saturated heterocycles. The van der Waals surface area contributed by atoms with Gasteiger partial charge in [-0.2, -0.15) is 10.1 Å². The molecule has 3 heterocycles. The summed E-state index contributed by atoms with van der Waals surface area (Å²) in [6, 6.07) is 8.98. The monoisotopic (exact) mass is 431 g/mol. The van der Waals surface area contributed by atoms with Crippen LogP contribution in [0.2, 0.25) is 0 Å². The van der Waals surface area contributed by atoms with Crippen molar-refractivity contribution in [3.05, 3.63) is 54.7 Å². The van der Waals surface area contributed by atoms with Gasteiger partial charge in [-0.15, -0.1) is 5.73 Å². The standard InChI is InChI=1S/C25H31N7.H2/c1-3-19(2)30-13-15-31(16-14-30)22-11-9-21(10-12-22)28-25-26-17-20-18-27-32(24(20)29-25)23-7-5-4-6-8-23;/h9-12,17-18,23H,1,4-8,13-16H2,2H3,(H,26,28,29);1H. The number of fused-ring (bicyclic) bond motifs is 1. The minimum absolute atomic E-state index is 0. The van der Waals surface area contributed by atoms with Gasteiger partial charge in [-0.05, 0) is 44.0 Å². The Morgan fingerprint density at radius 1 is 1.06 bits per heavy atom. The molecule has 1 aliphatic heterocycles. The Bertz CT molecular complexity index is 1120. The van der Waals surface area contributed by atoms with E-state index in [0.29, 0.717) is 12.0 Å². The summed E-state index contributed by atoms with van der Waals surface area (Å²) in [7, 11) is 0. The summed E-state index contributed by atoms with van der Waals surface area (Å²) in [6.45, 7) is 9.82. The zero-order chi connectivity index (χ0) is 21.9. The quantitative estimate of drug-likeness (QED) is 0.565. The van der Waals surface area contributed by atoms with Gasteiger partial charge in [0.05, 0.1) is 23.3 Å². The second-order valence-corrected chi connectivity index (χ2v) is 8.76. The van der Waals surface area contributed by atoms with Crippen LogP contribution in [-0.2, 0) is 0 Å². The second-order valence-electron chi connectivity index (χ2n) is 8.76. The van der Waals surface area contributed by atoms with Crippen LogP contribution in [0.5, 0.6) is 0 Å². The van der Waals surface area contributed by atoms with Crippen molar-refractivity contribution in [1.82, 2.24) is 24.6 Å². The highest BCUT2D eigenvalue weighted by Gasteiger charge is 2.20. The van der Waals surface area contributed by atoms with Crippen LogP contribution >= 0.6 is 0 Å². The van der Waals surface area contributed by atoms with Gasteiger partial charge in [-0.3, -0.25) is 0 Å². The number of aromatic nitrogens is 4. The van der Waals surface area contributed by atoms with E-state index in [4.69, 9.17) is 4.98 Å². The molecule has 0 spiro atoms. The van der Waals surface area contributed by atoms with Gasteiger partial charge in [0, 0.05) is 45.2 Å². The van der Waals surface area contributed by atoms with Gasteiger partial charge in [-0.25, -0.2) is 9.67 Å². The Morgan fingerprint density at radius 3 is 2.53 bits per heavy atom. The third-order valence-electron chi connectivity index (χ3n) is 6.75. The predicted molar refractivity (Wildman–Crippen MR) is 131 cm³/mol. The number of nitrogens with one attached hydrogen (secondary N) is 1. The van der Waals surface area contributed by atoms with Crippen molar-refractivity contribution in [1.29, 1.82) is 0 Å². The summed E-state index contributed by atoms with van der Waals surface area (Å²) < 4.78 is 2.10. The van der Waals surface area contributed by atoms with Crippen molar-refractivity contribution >= 4 is 28.4 Å². The van der Waals surface area contributed by atoms with Crippen LogP contribution in [0.4, 0.5) is 17.3 Å². The van der Waals surface area contributed by atoms with Crippen LogP contribution in [0.1, 0.15) is 46.5 Å². The molecular formula is C25H33N7. The first-order chi connectivity index (χ1) is 15.7. The lowest BCUT2D eigenvalue weighted by molar-refractivity contribution is 0.323. The maximum Gasteiger partial charge on any atom is 0.229 e. The number of rotatable bonds is 5. The van der Waals surface area contributed by atoms with E-state index in [-0.39, 0.29) is 1.43 Å². The Labute approximate surface area is 190 Å². The normalized spacial score (nSPS) is 17.4. The summed E-state index contributed by atoms with van der Waals surface area (Å²) in [4.78, 5) is 14.1. The first-order valence-electron chi connectivity index (χ1n) is 11.6. The average Bonchev–Trinajstić information content (AvgIpc) is 3.28. The molecule has 1 N–H and O–H groups in total. The molecule has 0 radical (unpaired) electrons. The van der Waals surface area contributed by atoms with E-state index in [0.717, 1.165) is 48.6 Å². The van der Waals surface area contributed by atoms with E-state index < -0.39 is 0 Å². The van der Waals surface area contributed by atoms with Crippen LogP contribution in [0, 0.1) is 0 Å². The second kappa shape index (κ2) is 9.05. The summed E-state index contributed by atoms with van der Waals surface area (Å²) in [5.41, 5.74) is 7.28. The largest absolute Gasteiger partial charge is 0.368 e. The minimum atomic E-state index is 0. The van der Waals surface area contributed by atoms with Crippen molar-refractivity contribution in [3.8, 4) is 0 Å². The molecule has 0 atom stereocenters. The topological polar surface area (TPSA) is 62.1 Å². The molecule has 1 saturated carbocycles. The van der Waals surface area contributed by atoms with E-state index in [1.807, 2.05) is 12.4 Å². The number of allylic oxidation sites excluding steroid dienone is 1. The molecule has 2 aliphatic rings. The van der Waals surface area contributed by atoms with Crippen molar-refractivity contribution in [2.45, 2.75) is 45.1 Å². The van der Waals surface area contributed by atoms with E-state index in [9.17, 15) is 0 Å². The van der Waals surface area contributed by atoms with Gasteiger partial charge < -0.3 is 15.1 Å². The van der Waals surface area contributed by atoms with Crippen molar-refractivity contribution in [2.75, 3.05) is 36.4 Å². The number of hydrogen-bond acceptors (Lipinski definition) is 6. The molecule has 0 bridgehead atoms. The van der Waals surface area contributed by atoms with Gasteiger partial charge in [-0.1, -0.05) is 25.8 Å². The molecular weight excluding hydrogens is 398 g/mol. The summed E-state index contributed by atoms with van der Waals surface area (Å²) in [5, 5.41) is 8.99. The van der Waals surface area contributed by atoms with E-state index in [1.54, 1.807) is 0 Å². The summed E-state index contributed by atoms with van der Waals surface area (Å²) >= 11 is 0. The summed E-state index contributed by atoms with van der Waals surface area (Å²) in [6.07, 6.45) is 9.99. The van der Waals surface area contributed by atoms with Gasteiger partial charge >= 0.3 is 0 Å². The third-order valence-corrected chi connectivity index (χ3v) is 6.75. The van der Waals surface area contributed by atoms with Gasteiger partial charge in [0.25, 0.3) is 0 Å². The molecule has 5 rings (SSSR count). The maximum atomic E-state index is 4.80. The van der Waals surface area contributed by atoms with Crippen LogP contribution in [0.25, 0.3) is 11.0 Å². The molecule has 2 aromatic heterocycles. The van der Waals surface area contributed by atoms with Gasteiger partial charge in [0.15, 0.2) is 5.65 Å². The Balaban J connectivity index is 0.00000259. The highest BCUT2D eigenvalue weighted by Crippen LogP contribution is 2.30. The highest BCUT2D eigenvalue weighted by molar-refractivity contribution is 5.75. The van der Waals surface area contributed by atoms with Crippen molar-refractivity contribution < 1.29 is 1.43 Å². The Morgan fingerprint density at radius 2 is 1.81 bits per heavy atom. The van der Waals surface area contributed by atoms with Crippen LogP contribution in [0.3, 0.4) is 0 Å². The number of hydrogen-bond donors (Lipinski definition) is 1. The van der Waals surface area contributed by atoms with E-state index in [2.05, 4.69) is 73.4 Å². The maximum absolute atomic E-state index is 4.80. The summed E-state index contributed by atoms with van der Waals surface area (Å²) in [5.74, 6) is 0.614. The predicted octanol–water partition coefficient (Wildman–Crippen LogP) is 5.13. The SMILES string of the molecule is C=C=C(C)N1CCN(c2ccc(Nc3ncc4cnn(C5CCCCC5)c4n3)cc2)CC1.[HH].